The third-order valence-corrected chi connectivity index (χ3v) is 3.53. The van der Waals surface area contributed by atoms with Crippen LogP contribution < -0.4 is 0 Å². The number of aryl methyl sites for hydroxylation is 2. The van der Waals surface area contributed by atoms with E-state index in [1.807, 2.05) is 4.81 Å². The quantitative estimate of drug-likeness (QED) is 0.738. The van der Waals surface area contributed by atoms with Crippen molar-refractivity contribution in [2.45, 2.75) is 39.4 Å². The second-order valence-electron chi connectivity index (χ2n) is 4.96. The van der Waals surface area contributed by atoms with Crippen molar-refractivity contribution in [3.63, 3.8) is 0 Å². The Hall–Kier alpha value is -0.795. The van der Waals surface area contributed by atoms with Crippen LogP contribution in [0.4, 0.5) is 0 Å². The zero-order chi connectivity index (χ0) is 12.3. The summed E-state index contributed by atoms with van der Waals surface area (Å²) in [6.07, 6.45) is 2.46. The molecule has 0 spiro atoms. The lowest BCUT2D eigenvalue weighted by atomic mass is 10.0. The van der Waals surface area contributed by atoms with Gasteiger partial charge in [0.2, 0.25) is 0 Å². The van der Waals surface area contributed by atoms with E-state index in [2.05, 4.69) is 32.0 Å². The number of rotatable bonds is 3. The van der Waals surface area contributed by atoms with Gasteiger partial charge in [0.25, 0.3) is 0 Å². The molecule has 0 atom stereocenters. The fraction of sp³-hybridized carbons (Fsp3) is 0.571. The number of hydrogen-bond acceptors (Lipinski definition) is 2. The molecular formula is C14H20BNO. The molecule has 2 nitrogen and oxygen atoms in total. The first-order valence-corrected chi connectivity index (χ1v) is 6.32. The van der Waals surface area contributed by atoms with E-state index >= 15 is 0 Å². The standard InChI is InChI=1S/C14H20BNO/c1-11-3-4-13(9-12(11)2)10-17-14-5-7-16(15)8-6-14/h3-4,9,14H,5-8,10H2,1-2H3. The van der Waals surface area contributed by atoms with E-state index in [0.717, 1.165) is 32.5 Å². The van der Waals surface area contributed by atoms with Gasteiger partial charge in [0.1, 0.15) is 0 Å². The Morgan fingerprint density at radius 1 is 1.24 bits per heavy atom. The Kier molecular flexibility index (Phi) is 4.24. The summed E-state index contributed by atoms with van der Waals surface area (Å²) in [5.41, 5.74) is 3.94. The third-order valence-electron chi connectivity index (χ3n) is 3.53. The Bertz CT molecular complexity index is 372. The molecule has 0 N–H and O–H groups in total. The van der Waals surface area contributed by atoms with Crippen molar-refractivity contribution in [1.29, 1.82) is 0 Å². The molecule has 1 aromatic rings. The molecule has 1 saturated heterocycles. The molecule has 1 aliphatic rings. The largest absolute Gasteiger partial charge is 0.373 e. The van der Waals surface area contributed by atoms with Crippen molar-refractivity contribution in [3.05, 3.63) is 34.9 Å². The van der Waals surface area contributed by atoms with Gasteiger partial charge < -0.3 is 9.55 Å². The predicted octanol–water partition coefficient (Wildman–Crippen LogP) is 2.37. The lowest BCUT2D eigenvalue weighted by molar-refractivity contribution is 0.0103. The van der Waals surface area contributed by atoms with Gasteiger partial charge in [-0.25, -0.2) is 0 Å². The maximum Gasteiger partial charge on any atom is 0.182 e. The summed E-state index contributed by atoms with van der Waals surface area (Å²) in [7, 11) is 5.72. The fourth-order valence-corrected chi connectivity index (χ4v) is 2.15. The smallest absolute Gasteiger partial charge is 0.182 e. The van der Waals surface area contributed by atoms with Gasteiger partial charge in [-0.05, 0) is 56.5 Å². The number of ether oxygens (including phenoxy) is 1. The van der Waals surface area contributed by atoms with Crippen molar-refractivity contribution in [1.82, 2.24) is 4.81 Å². The molecule has 0 unspecified atom stereocenters. The summed E-state index contributed by atoms with van der Waals surface area (Å²) in [6.45, 7) is 6.88. The number of hydrogen-bond donors (Lipinski definition) is 0. The maximum atomic E-state index is 5.93. The topological polar surface area (TPSA) is 12.5 Å². The van der Waals surface area contributed by atoms with Crippen LogP contribution >= 0.6 is 0 Å². The van der Waals surface area contributed by atoms with Crippen LogP contribution in [0.1, 0.15) is 29.5 Å². The molecule has 1 fully saturated rings. The predicted molar refractivity (Wildman–Crippen MR) is 71.1 cm³/mol. The normalized spacial score (nSPS) is 18.5. The van der Waals surface area contributed by atoms with Crippen LogP contribution in [0.5, 0.6) is 0 Å². The second-order valence-corrected chi connectivity index (χ2v) is 4.96. The Labute approximate surface area is 105 Å². The Balaban J connectivity index is 1.83. The minimum atomic E-state index is 0.372. The molecule has 0 saturated carbocycles. The summed E-state index contributed by atoms with van der Waals surface area (Å²) in [6, 6.07) is 6.53. The zero-order valence-electron chi connectivity index (χ0n) is 10.8. The van der Waals surface area contributed by atoms with E-state index in [-0.39, 0.29) is 0 Å². The molecule has 90 valence electrons. The lowest BCUT2D eigenvalue weighted by Gasteiger charge is -2.29. The third kappa shape index (κ3) is 3.58. The van der Waals surface area contributed by atoms with Crippen molar-refractivity contribution >= 4 is 7.98 Å². The first-order chi connectivity index (χ1) is 8.15. The van der Waals surface area contributed by atoms with Gasteiger partial charge in [-0.1, -0.05) is 18.2 Å². The molecule has 2 radical (unpaired) electrons. The second kappa shape index (κ2) is 5.70. The van der Waals surface area contributed by atoms with E-state index in [4.69, 9.17) is 12.7 Å². The fourth-order valence-electron chi connectivity index (χ4n) is 2.15. The van der Waals surface area contributed by atoms with E-state index in [1.54, 1.807) is 0 Å². The van der Waals surface area contributed by atoms with Gasteiger partial charge in [0.05, 0.1) is 12.7 Å². The molecular weight excluding hydrogens is 209 g/mol. The molecule has 0 aromatic heterocycles. The van der Waals surface area contributed by atoms with E-state index in [0.29, 0.717) is 6.10 Å². The average Bonchev–Trinajstić information content (AvgIpc) is 2.33. The van der Waals surface area contributed by atoms with Gasteiger partial charge >= 0.3 is 0 Å². The maximum absolute atomic E-state index is 5.93. The van der Waals surface area contributed by atoms with Crippen LogP contribution in [0.15, 0.2) is 18.2 Å². The Morgan fingerprint density at radius 2 is 1.94 bits per heavy atom. The minimum absolute atomic E-state index is 0.372. The highest BCUT2D eigenvalue weighted by atomic mass is 16.5. The van der Waals surface area contributed by atoms with Crippen molar-refractivity contribution in [3.8, 4) is 0 Å². The van der Waals surface area contributed by atoms with E-state index in [1.165, 1.54) is 16.7 Å². The number of nitrogens with zero attached hydrogens (tertiary/aromatic N) is 1. The number of piperidine rings is 1. The van der Waals surface area contributed by atoms with E-state index in [9.17, 15) is 0 Å². The first-order valence-electron chi connectivity index (χ1n) is 6.32. The summed E-state index contributed by atoms with van der Waals surface area (Å²) in [5.74, 6) is 0. The molecule has 3 heteroatoms. The van der Waals surface area contributed by atoms with Crippen LogP contribution in [0, 0.1) is 13.8 Å². The average molecular weight is 229 g/mol. The Morgan fingerprint density at radius 3 is 2.59 bits per heavy atom. The van der Waals surface area contributed by atoms with Crippen LogP contribution in [-0.2, 0) is 11.3 Å². The highest BCUT2D eigenvalue weighted by Crippen LogP contribution is 2.16. The molecule has 0 amide bonds. The summed E-state index contributed by atoms with van der Waals surface area (Å²) in [5, 5.41) is 0. The summed E-state index contributed by atoms with van der Waals surface area (Å²) in [4.78, 5) is 1.87. The highest BCUT2D eigenvalue weighted by molar-refractivity contribution is 6.04. The SMILES string of the molecule is [B]N1CCC(OCc2ccc(C)c(C)c2)CC1. The van der Waals surface area contributed by atoms with Gasteiger partial charge in [-0.15, -0.1) is 0 Å². The van der Waals surface area contributed by atoms with Gasteiger partial charge in [0, 0.05) is 0 Å². The van der Waals surface area contributed by atoms with Crippen LogP contribution in [0.25, 0.3) is 0 Å². The number of benzene rings is 1. The molecule has 0 bridgehead atoms. The monoisotopic (exact) mass is 229 g/mol. The lowest BCUT2D eigenvalue weighted by Crippen LogP contribution is -2.35. The minimum Gasteiger partial charge on any atom is -0.373 e. The molecule has 1 aliphatic heterocycles. The van der Waals surface area contributed by atoms with Crippen molar-refractivity contribution in [2.24, 2.45) is 0 Å². The zero-order valence-corrected chi connectivity index (χ0v) is 10.8. The molecule has 2 rings (SSSR count). The van der Waals surface area contributed by atoms with Crippen LogP contribution in [-0.4, -0.2) is 32.0 Å². The first kappa shape index (κ1) is 12.7. The molecule has 1 aromatic carbocycles. The molecule has 17 heavy (non-hydrogen) atoms. The molecule has 0 aliphatic carbocycles. The van der Waals surface area contributed by atoms with Gasteiger partial charge in [-0.3, -0.25) is 0 Å². The van der Waals surface area contributed by atoms with Gasteiger partial charge in [0.15, 0.2) is 7.98 Å². The molecule has 1 heterocycles. The summed E-state index contributed by atoms with van der Waals surface area (Å²) >= 11 is 0. The van der Waals surface area contributed by atoms with Crippen LogP contribution in [0.3, 0.4) is 0 Å². The van der Waals surface area contributed by atoms with Gasteiger partial charge in [-0.2, -0.15) is 0 Å². The van der Waals surface area contributed by atoms with E-state index < -0.39 is 0 Å². The van der Waals surface area contributed by atoms with Crippen molar-refractivity contribution in [2.75, 3.05) is 13.1 Å². The van der Waals surface area contributed by atoms with Crippen molar-refractivity contribution < 1.29 is 4.74 Å². The van der Waals surface area contributed by atoms with Crippen LogP contribution in [0.2, 0.25) is 0 Å². The summed E-state index contributed by atoms with van der Waals surface area (Å²) < 4.78 is 5.93. The highest BCUT2D eigenvalue weighted by Gasteiger charge is 2.16.